The topological polar surface area (TPSA) is 20.2 Å². The van der Waals surface area contributed by atoms with Crippen molar-refractivity contribution in [2.24, 2.45) is 0 Å². The average Bonchev–Trinajstić information content (AvgIpc) is 2.20. The van der Waals surface area contributed by atoms with Crippen LogP contribution in [0.5, 0.6) is 0 Å². The quantitative estimate of drug-likeness (QED) is 0.486. The molecule has 0 saturated carbocycles. The summed E-state index contributed by atoms with van der Waals surface area (Å²) in [5.74, 6) is 0. The zero-order valence-electron chi connectivity index (χ0n) is 10.5. The monoisotopic (exact) mass is 400 g/mol. The summed E-state index contributed by atoms with van der Waals surface area (Å²) in [5, 5.41) is 8.77. The Hall–Kier alpha value is -0.190. The van der Waals surface area contributed by atoms with E-state index < -0.39 is 56.7 Å². The molecule has 1 N–H and O–H groups in total. The largest absolute Gasteiger partial charge is 0.393 e. The van der Waals surface area contributed by atoms with Crippen molar-refractivity contribution < 1.29 is 44.6 Å². The second-order valence-corrected chi connectivity index (χ2v) is 4.81. The van der Waals surface area contributed by atoms with Gasteiger partial charge in [-0.05, 0) is 12.8 Å². The smallest absolute Gasteiger partial charge is 0.389 e. The molecule has 1 nitrogen and oxygen atoms in total. The van der Waals surface area contributed by atoms with Crippen LogP contribution >= 0.6 is 15.9 Å². The van der Waals surface area contributed by atoms with Gasteiger partial charge in [-0.3, -0.25) is 0 Å². The number of rotatable bonds is 5. The highest BCUT2D eigenvalue weighted by molar-refractivity contribution is 9.09. The standard InChI is InChI=1S/C7H10F6O.C3H4BrF3/c8-6(9,10)3-1-5(14)2-4-7(11,12)13;4-2-1-3(5,6)7/h5,14H,1-4H2;1-2H2. The third kappa shape index (κ3) is 25.1. The number of hydrogen-bond acceptors (Lipinski definition) is 1. The SMILES string of the molecule is FC(F)(F)CCBr.OC(CCC(F)(F)F)CCC(F)(F)F. The molecular weight excluding hydrogens is 387 g/mol. The molecule has 0 rings (SSSR count). The van der Waals surface area contributed by atoms with Crippen molar-refractivity contribution >= 4 is 15.9 Å². The van der Waals surface area contributed by atoms with Crippen LogP contribution in [-0.2, 0) is 0 Å². The van der Waals surface area contributed by atoms with Gasteiger partial charge in [0.25, 0.3) is 0 Å². The Labute approximate surface area is 123 Å². The minimum atomic E-state index is -4.43. The van der Waals surface area contributed by atoms with Crippen molar-refractivity contribution in [1.82, 2.24) is 0 Å². The summed E-state index contributed by atoms with van der Waals surface area (Å²) in [6.07, 6.45) is -19.0. The molecule has 0 bridgehead atoms. The molecule has 11 heteroatoms. The van der Waals surface area contributed by atoms with E-state index in [0.717, 1.165) is 0 Å². The molecule has 0 aromatic rings. The van der Waals surface area contributed by atoms with Gasteiger partial charge in [-0.25, -0.2) is 0 Å². The van der Waals surface area contributed by atoms with Gasteiger partial charge in [0.15, 0.2) is 0 Å². The predicted molar refractivity (Wildman–Crippen MR) is 61.1 cm³/mol. The molecule has 0 atom stereocenters. The summed E-state index contributed by atoms with van der Waals surface area (Å²) in [6.45, 7) is 0. The third-order valence-electron chi connectivity index (χ3n) is 1.90. The van der Waals surface area contributed by atoms with E-state index >= 15 is 0 Å². The summed E-state index contributed by atoms with van der Waals surface area (Å²) < 4.78 is 102. The maximum atomic E-state index is 11.6. The third-order valence-corrected chi connectivity index (χ3v) is 2.30. The van der Waals surface area contributed by atoms with Gasteiger partial charge in [0.2, 0.25) is 0 Å². The highest BCUT2D eigenvalue weighted by Gasteiger charge is 2.31. The van der Waals surface area contributed by atoms with Gasteiger partial charge in [-0.2, -0.15) is 39.5 Å². The molecule has 0 saturated heterocycles. The molecule has 0 aromatic heterocycles. The van der Waals surface area contributed by atoms with Crippen LogP contribution in [0.15, 0.2) is 0 Å². The second-order valence-electron chi connectivity index (χ2n) is 4.02. The fourth-order valence-corrected chi connectivity index (χ4v) is 1.36. The molecule has 0 spiro atoms. The van der Waals surface area contributed by atoms with Crippen molar-refractivity contribution in [3.8, 4) is 0 Å². The molecule has 130 valence electrons. The Bertz CT molecular complexity index is 241. The van der Waals surface area contributed by atoms with Crippen molar-refractivity contribution in [2.45, 2.75) is 56.7 Å². The van der Waals surface area contributed by atoms with Crippen LogP contribution in [-0.4, -0.2) is 35.1 Å². The van der Waals surface area contributed by atoms with E-state index in [0.29, 0.717) is 0 Å². The zero-order chi connectivity index (χ0) is 17.3. The molecule has 0 aliphatic rings. The number of alkyl halides is 10. The van der Waals surface area contributed by atoms with Crippen LogP contribution in [0.4, 0.5) is 39.5 Å². The van der Waals surface area contributed by atoms with Gasteiger partial charge in [-0.15, -0.1) is 0 Å². The first kappa shape index (κ1) is 23.1. The van der Waals surface area contributed by atoms with E-state index in [4.69, 9.17) is 5.11 Å². The number of aliphatic hydroxyl groups is 1. The Morgan fingerprint density at radius 3 is 1.10 bits per heavy atom. The first-order valence-corrected chi connectivity index (χ1v) is 6.72. The molecule has 0 radical (unpaired) electrons. The minimum Gasteiger partial charge on any atom is -0.393 e. The average molecular weight is 401 g/mol. The normalized spacial score (nSPS) is 13.1. The van der Waals surface area contributed by atoms with Crippen LogP contribution in [0.25, 0.3) is 0 Å². The van der Waals surface area contributed by atoms with Gasteiger partial charge >= 0.3 is 18.5 Å². The van der Waals surface area contributed by atoms with Crippen molar-refractivity contribution in [1.29, 1.82) is 0 Å². The molecule has 21 heavy (non-hydrogen) atoms. The second kappa shape index (κ2) is 9.75. The first-order chi connectivity index (χ1) is 9.16. The van der Waals surface area contributed by atoms with E-state index in [2.05, 4.69) is 15.9 Å². The molecule has 0 fully saturated rings. The highest BCUT2D eigenvalue weighted by Crippen LogP contribution is 2.26. The van der Waals surface area contributed by atoms with Crippen molar-refractivity contribution in [3.63, 3.8) is 0 Å². The van der Waals surface area contributed by atoms with Gasteiger partial charge in [0, 0.05) is 18.2 Å². The minimum absolute atomic E-state index is 0.00347. The molecule has 0 amide bonds. The van der Waals surface area contributed by atoms with E-state index in [9.17, 15) is 39.5 Å². The van der Waals surface area contributed by atoms with Gasteiger partial charge in [0.05, 0.1) is 12.5 Å². The van der Waals surface area contributed by atoms with Crippen LogP contribution in [0.1, 0.15) is 32.1 Å². The van der Waals surface area contributed by atoms with Crippen LogP contribution < -0.4 is 0 Å². The zero-order valence-corrected chi connectivity index (χ0v) is 12.1. The Morgan fingerprint density at radius 2 is 0.952 bits per heavy atom. The number of aliphatic hydroxyl groups excluding tert-OH is 1. The number of hydrogen-bond donors (Lipinski definition) is 1. The summed E-state index contributed by atoms with van der Waals surface area (Å²) in [5.41, 5.74) is 0. The Morgan fingerprint density at radius 1 is 0.667 bits per heavy atom. The maximum absolute atomic E-state index is 11.6. The maximum Gasteiger partial charge on any atom is 0.389 e. The highest BCUT2D eigenvalue weighted by atomic mass is 79.9. The van der Waals surface area contributed by atoms with Crippen LogP contribution in [0.2, 0.25) is 0 Å². The molecule has 0 aromatic carbocycles. The summed E-state index contributed by atoms with van der Waals surface area (Å²) in [7, 11) is 0. The van der Waals surface area contributed by atoms with Gasteiger partial charge < -0.3 is 5.11 Å². The lowest BCUT2D eigenvalue weighted by atomic mass is 10.1. The predicted octanol–water partition coefficient (Wildman–Crippen LogP) is 5.37. The summed E-state index contributed by atoms with van der Waals surface area (Å²) in [6, 6.07) is 0. The Kier molecular flexibility index (Phi) is 10.7. The fourth-order valence-electron chi connectivity index (χ4n) is 0.912. The van der Waals surface area contributed by atoms with Crippen LogP contribution in [0.3, 0.4) is 0 Å². The van der Waals surface area contributed by atoms with Crippen LogP contribution in [0, 0.1) is 0 Å². The molecule has 0 heterocycles. The van der Waals surface area contributed by atoms with E-state index in [1.54, 1.807) is 0 Å². The van der Waals surface area contributed by atoms with Crippen molar-refractivity contribution in [2.75, 3.05) is 5.33 Å². The summed E-state index contributed by atoms with van der Waals surface area (Å²) >= 11 is 2.67. The van der Waals surface area contributed by atoms with Gasteiger partial charge in [-0.1, -0.05) is 15.9 Å². The summed E-state index contributed by atoms with van der Waals surface area (Å²) in [4.78, 5) is 0. The van der Waals surface area contributed by atoms with E-state index in [1.807, 2.05) is 0 Å². The lowest BCUT2D eigenvalue weighted by molar-refractivity contribution is -0.148. The van der Waals surface area contributed by atoms with E-state index in [-0.39, 0.29) is 5.33 Å². The van der Waals surface area contributed by atoms with Crippen molar-refractivity contribution in [3.05, 3.63) is 0 Å². The Balaban J connectivity index is 0. The molecule has 0 unspecified atom stereocenters. The molecule has 0 aliphatic heterocycles. The van der Waals surface area contributed by atoms with Gasteiger partial charge in [0.1, 0.15) is 0 Å². The fraction of sp³-hybridized carbons (Fsp3) is 1.00. The lowest BCUT2D eigenvalue weighted by Crippen LogP contribution is -2.17. The van der Waals surface area contributed by atoms with E-state index in [1.165, 1.54) is 0 Å². The molecular formula is C10H14BrF9O. The first-order valence-electron chi connectivity index (χ1n) is 5.60. The lowest BCUT2D eigenvalue weighted by Gasteiger charge is -2.13. The molecule has 0 aliphatic carbocycles. The number of halogens is 10.